The van der Waals surface area contributed by atoms with Crippen molar-refractivity contribution in [3.05, 3.63) is 47.0 Å². The molecule has 7 rings (SSSR count). The van der Waals surface area contributed by atoms with Gasteiger partial charge in [0.2, 0.25) is 5.91 Å². The van der Waals surface area contributed by atoms with Gasteiger partial charge in [-0.2, -0.15) is 0 Å². The minimum Gasteiger partial charge on any atom is -0.468 e. The molecule has 2 aliphatic heterocycles. The van der Waals surface area contributed by atoms with E-state index >= 15 is 0 Å². The predicted octanol–water partition coefficient (Wildman–Crippen LogP) is 4.32. The maximum atomic E-state index is 13.8. The molecule has 13 heteroatoms. The molecule has 0 radical (unpaired) electrons. The molecule has 13 nitrogen and oxygen atoms in total. The highest BCUT2D eigenvalue weighted by atomic mass is 16.7. The summed E-state index contributed by atoms with van der Waals surface area (Å²) in [5.41, 5.74) is 2.07. The number of methoxy groups -OCH3 is 1. The number of aliphatic hydroxyl groups excluding tert-OH is 1. The third-order valence-corrected chi connectivity index (χ3v) is 11.3. The van der Waals surface area contributed by atoms with Crippen LogP contribution in [-0.2, 0) is 27.2 Å². The molecule has 0 unspecified atom stereocenters. The van der Waals surface area contributed by atoms with Gasteiger partial charge in [-0.25, -0.2) is 9.78 Å². The van der Waals surface area contributed by atoms with E-state index < -0.39 is 23.8 Å². The summed E-state index contributed by atoms with van der Waals surface area (Å²) in [7, 11) is 1.55. The van der Waals surface area contributed by atoms with Crippen molar-refractivity contribution in [2.45, 2.75) is 102 Å². The predicted molar refractivity (Wildman–Crippen MR) is 195 cm³/mol. The zero-order valence-electron chi connectivity index (χ0n) is 31.0. The van der Waals surface area contributed by atoms with Crippen LogP contribution in [0.5, 0.6) is 5.75 Å². The van der Waals surface area contributed by atoms with E-state index in [1.165, 1.54) is 24.2 Å². The van der Waals surface area contributed by atoms with Gasteiger partial charge in [0.1, 0.15) is 23.0 Å². The number of rotatable bonds is 11. The fraction of sp³-hybridized carbons (Fsp3) is 0.641. The number of hydrogen-bond donors (Lipinski definition) is 3. The third kappa shape index (κ3) is 8.25. The molecule has 5 aliphatic rings. The lowest BCUT2D eigenvalue weighted by molar-refractivity contribution is -0.132. The van der Waals surface area contributed by atoms with E-state index in [1.54, 1.807) is 40.0 Å². The molecule has 52 heavy (non-hydrogen) atoms. The first-order chi connectivity index (χ1) is 24.9. The molecule has 1 spiro atoms. The van der Waals surface area contributed by atoms with Gasteiger partial charge < -0.3 is 39.8 Å². The number of fused-ring (bicyclic) bond motifs is 1. The standard InChI is InChI=1S/C39H54N6O7/c1-38(2,3)52-37(49)45-23-28-16-30(51-24-50-4)9-8-26(28)17-31(45)32(46)22-40-35(47)27-18-33(41-29-20-39(21-29)10-5-11-39)42-34(19-27)43-12-14-44(15-13-43)36(48)25-6-7-25/h8-9,16,18-19,25,29,31-32,46H,5-7,10-15,17,20-24H2,1-4H3,(H,40,47)(H,41,42)/t31-,32+/m0/s1. The van der Waals surface area contributed by atoms with Crippen LogP contribution in [0.2, 0.25) is 0 Å². The van der Waals surface area contributed by atoms with Crippen molar-refractivity contribution in [3.63, 3.8) is 0 Å². The highest BCUT2D eigenvalue weighted by Crippen LogP contribution is 2.56. The van der Waals surface area contributed by atoms with Crippen LogP contribution in [0.4, 0.5) is 16.4 Å². The number of ether oxygens (including phenoxy) is 3. The van der Waals surface area contributed by atoms with Crippen molar-refractivity contribution in [1.82, 2.24) is 20.1 Å². The van der Waals surface area contributed by atoms with Gasteiger partial charge in [-0.1, -0.05) is 12.5 Å². The van der Waals surface area contributed by atoms with Crippen molar-refractivity contribution < 1.29 is 33.7 Å². The maximum Gasteiger partial charge on any atom is 0.410 e. The average Bonchev–Trinajstić information content (AvgIpc) is 3.94. The lowest BCUT2D eigenvalue weighted by Crippen LogP contribution is -2.54. The van der Waals surface area contributed by atoms with E-state index in [1.807, 2.05) is 23.1 Å². The second-order valence-electron chi connectivity index (χ2n) is 16.4. The van der Waals surface area contributed by atoms with Gasteiger partial charge in [-0.3, -0.25) is 14.5 Å². The highest BCUT2D eigenvalue weighted by Gasteiger charge is 2.48. The third-order valence-electron chi connectivity index (χ3n) is 11.3. The summed E-state index contributed by atoms with van der Waals surface area (Å²) in [6.45, 7) is 8.22. The van der Waals surface area contributed by atoms with E-state index in [2.05, 4.69) is 15.5 Å². The van der Waals surface area contributed by atoms with E-state index in [0.29, 0.717) is 67.0 Å². The normalized spacial score (nSPS) is 21.8. The van der Waals surface area contributed by atoms with E-state index in [0.717, 1.165) is 36.8 Å². The van der Waals surface area contributed by atoms with Gasteiger partial charge in [-0.05, 0) is 107 Å². The molecule has 3 aliphatic carbocycles. The highest BCUT2D eigenvalue weighted by molar-refractivity contribution is 5.95. The summed E-state index contributed by atoms with van der Waals surface area (Å²) in [5, 5.41) is 18.1. The fourth-order valence-corrected chi connectivity index (χ4v) is 8.11. The molecule has 3 saturated carbocycles. The van der Waals surface area contributed by atoms with E-state index in [9.17, 15) is 19.5 Å². The van der Waals surface area contributed by atoms with Crippen LogP contribution in [0.1, 0.15) is 87.2 Å². The minimum atomic E-state index is -1.07. The first-order valence-electron chi connectivity index (χ1n) is 18.9. The molecule has 4 fully saturated rings. The van der Waals surface area contributed by atoms with Crippen molar-refractivity contribution in [2.24, 2.45) is 11.3 Å². The summed E-state index contributed by atoms with van der Waals surface area (Å²) in [6, 6.07) is 8.94. The molecule has 3 N–H and O–H groups in total. The fourth-order valence-electron chi connectivity index (χ4n) is 8.11. The monoisotopic (exact) mass is 718 g/mol. The average molecular weight is 719 g/mol. The molecule has 2 aromatic rings. The lowest BCUT2D eigenvalue weighted by Gasteiger charge is -2.54. The van der Waals surface area contributed by atoms with Crippen LogP contribution in [0.15, 0.2) is 30.3 Å². The number of nitrogens with one attached hydrogen (secondary N) is 2. The second-order valence-corrected chi connectivity index (χ2v) is 16.4. The first kappa shape index (κ1) is 36.3. The van der Waals surface area contributed by atoms with Crippen LogP contribution in [0.3, 0.4) is 0 Å². The van der Waals surface area contributed by atoms with Crippen molar-refractivity contribution in [3.8, 4) is 5.75 Å². The Morgan fingerprint density at radius 3 is 2.44 bits per heavy atom. The van der Waals surface area contributed by atoms with Crippen LogP contribution in [0.25, 0.3) is 0 Å². The quantitative estimate of drug-likeness (QED) is 0.287. The Labute approximate surface area is 306 Å². The number of anilines is 2. The molecular weight excluding hydrogens is 664 g/mol. The van der Waals surface area contributed by atoms with Crippen molar-refractivity contribution in [1.29, 1.82) is 0 Å². The molecule has 3 heterocycles. The zero-order chi connectivity index (χ0) is 36.6. The minimum absolute atomic E-state index is 0.0688. The van der Waals surface area contributed by atoms with Crippen LogP contribution in [0, 0.1) is 11.3 Å². The Bertz CT molecular complexity index is 1640. The Hall–Kier alpha value is -4.10. The van der Waals surface area contributed by atoms with Gasteiger partial charge in [0.05, 0.1) is 12.1 Å². The number of piperazine rings is 1. The SMILES string of the molecule is COCOc1ccc2c(c1)CN(C(=O)OC(C)(C)C)[C@H]([C@H](O)CNC(=O)c1cc(NC3CC4(CCC4)C3)nc(N3CCN(C(=O)C4CC4)CC3)c1)C2. The number of carbonyl (C=O) groups is 3. The zero-order valence-corrected chi connectivity index (χ0v) is 31.0. The number of benzene rings is 1. The molecule has 282 valence electrons. The van der Waals surface area contributed by atoms with Crippen LogP contribution < -0.4 is 20.3 Å². The van der Waals surface area contributed by atoms with Gasteiger partial charge in [0, 0.05) is 63.9 Å². The Morgan fingerprint density at radius 2 is 1.79 bits per heavy atom. The number of aliphatic hydroxyl groups is 1. The summed E-state index contributed by atoms with van der Waals surface area (Å²) >= 11 is 0. The number of pyridine rings is 1. The number of hydrogen-bond acceptors (Lipinski definition) is 10. The number of nitrogens with zero attached hydrogens (tertiary/aromatic N) is 4. The number of amides is 3. The molecule has 1 saturated heterocycles. The topological polar surface area (TPSA) is 146 Å². The summed E-state index contributed by atoms with van der Waals surface area (Å²) in [6.07, 6.45) is 6.87. The Kier molecular flexibility index (Phi) is 10.3. The largest absolute Gasteiger partial charge is 0.468 e. The Balaban J connectivity index is 1.05. The molecule has 0 bridgehead atoms. The van der Waals surface area contributed by atoms with Gasteiger partial charge in [0.25, 0.3) is 5.91 Å². The maximum absolute atomic E-state index is 13.8. The smallest absolute Gasteiger partial charge is 0.410 e. The van der Waals surface area contributed by atoms with Gasteiger partial charge in [0.15, 0.2) is 6.79 Å². The van der Waals surface area contributed by atoms with Gasteiger partial charge in [-0.15, -0.1) is 0 Å². The molecule has 1 aromatic carbocycles. The number of aromatic nitrogens is 1. The van der Waals surface area contributed by atoms with Crippen LogP contribution in [-0.4, -0.2) is 108 Å². The van der Waals surface area contributed by atoms with E-state index in [4.69, 9.17) is 19.2 Å². The van der Waals surface area contributed by atoms with Crippen molar-refractivity contribution >= 4 is 29.5 Å². The lowest BCUT2D eigenvalue weighted by atomic mass is 9.54. The molecule has 2 atom stereocenters. The first-order valence-corrected chi connectivity index (χ1v) is 18.9. The van der Waals surface area contributed by atoms with Crippen LogP contribution >= 0.6 is 0 Å². The summed E-state index contributed by atoms with van der Waals surface area (Å²) in [5.74, 6) is 2.09. The summed E-state index contributed by atoms with van der Waals surface area (Å²) < 4.78 is 16.4. The van der Waals surface area contributed by atoms with Crippen molar-refractivity contribution in [2.75, 3.05) is 56.8 Å². The summed E-state index contributed by atoms with van der Waals surface area (Å²) in [4.78, 5) is 50.6. The van der Waals surface area contributed by atoms with E-state index in [-0.39, 0.29) is 37.6 Å². The van der Waals surface area contributed by atoms with Gasteiger partial charge >= 0.3 is 6.09 Å². The molecule has 1 aromatic heterocycles. The Morgan fingerprint density at radius 1 is 1.04 bits per heavy atom. The molecular formula is C39H54N6O7. The molecule has 3 amide bonds. The second kappa shape index (κ2) is 14.7. The number of carbonyl (C=O) groups excluding carboxylic acids is 3.